The minimum Gasteiger partial charge on any atom is -0.344 e. The number of hydrogen-bond donors (Lipinski definition) is 3. The van der Waals surface area contributed by atoms with Crippen LogP contribution in [0.5, 0.6) is 0 Å². The van der Waals surface area contributed by atoms with E-state index in [0.29, 0.717) is 18.2 Å². The first-order valence-corrected chi connectivity index (χ1v) is 6.19. The van der Waals surface area contributed by atoms with Gasteiger partial charge < -0.3 is 16.0 Å². The van der Waals surface area contributed by atoms with Gasteiger partial charge in [-0.25, -0.2) is 4.98 Å². The SMILES string of the molecule is CC1CCCCC1(CN)NC(=O)c1cnc[nH]1. The van der Waals surface area contributed by atoms with Gasteiger partial charge in [0.15, 0.2) is 0 Å². The molecule has 1 aromatic heterocycles. The molecule has 1 aliphatic rings. The summed E-state index contributed by atoms with van der Waals surface area (Å²) in [5.74, 6) is 0.315. The van der Waals surface area contributed by atoms with Gasteiger partial charge >= 0.3 is 0 Å². The first kappa shape index (κ1) is 12.1. The number of H-pyrrole nitrogens is 1. The molecular formula is C12H20N4O. The summed E-state index contributed by atoms with van der Waals surface area (Å²) < 4.78 is 0. The van der Waals surface area contributed by atoms with Gasteiger partial charge in [0.2, 0.25) is 0 Å². The number of nitrogens with zero attached hydrogens (tertiary/aromatic N) is 1. The molecule has 0 radical (unpaired) electrons. The smallest absolute Gasteiger partial charge is 0.269 e. The topological polar surface area (TPSA) is 83.8 Å². The van der Waals surface area contributed by atoms with Crippen molar-refractivity contribution in [2.24, 2.45) is 11.7 Å². The van der Waals surface area contributed by atoms with Gasteiger partial charge in [0.05, 0.1) is 18.1 Å². The molecular weight excluding hydrogens is 216 g/mol. The van der Waals surface area contributed by atoms with Crippen LogP contribution in [0.4, 0.5) is 0 Å². The predicted octanol–water partition coefficient (Wildman–Crippen LogP) is 1.05. The van der Waals surface area contributed by atoms with Crippen LogP contribution in [0.15, 0.2) is 12.5 Å². The fourth-order valence-electron chi connectivity index (χ4n) is 2.63. The largest absolute Gasteiger partial charge is 0.344 e. The third-order valence-corrected chi connectivity index (χ3v) is 3.92. The molecule has 5 nitrogen and oxygen atoms in total. The lowest BCUT2D eigenvalue weighted by molar-refractivity contribution is 0.0808. The Morgan fingerprint density at radius 3 is 3.12 bits per heavy atom. The van der Waals surface area contributed by atoms with E-state index in [1.165, 1.54) is 18.9 Å². The Morgan fingerprint density at radius 2 is 2.53 bits per heavy atom. The highest BCUT2D eigenvalue weighted by atomic mass is 16.2. The summed E-state index contributed by atoms with van der Waals surface area (Å²) in [6, 6.07) is 0. The van der Waals surface area contributed by atoms with E-state index in [2.05, 4.69) is 22.2 Å². The zero-order valence-corrected chi connectivity index (χ0v) is 10.2. The summed E-state index contributed by atoms with van der Waals surface area (Å²) in [5, 5.41) is 3.10. The summed E-state index contributed by atoms with van der Waals surface area (Å²) in [4.78, 5) is 18.7. The first-order valence-electron chi connectivity index (χ1n) is 6.19. The summed E-state index contributed by atoms with van der Waals surface area (Å²) in [7, 11) is 0. The second-order valence-corrected chi connectivity index (χ2v) is 4.93. The normalized spacial score (nSPS) is 28.9. The third-order valence-electron chi connectivity index (χ3n) is 3.92. The highest BCUT2D eigenvalue weighted by Gasteiger charge is 2.38. The summed E-state index contributed by atoms with van der Waals surface area (Å²) in [6.07, 6.45) is 7.49. The van der Waals surface area contributed by atoms with Crippen LogP contribution in [-0.2, 0) is 0 Å². The van der Waals surface area contributed by atoms with Gasteiger partial charge in [0, 0.05) is 6.54 Å². The monoisotopic (exact) mass is 236 g/mol. The van der Waals surface area contributed by atoms with Gasteiger partial charge in [-0.3, -0.25) is 4.79 Å². The van der Waals surface area contributed by atoms with Crippen LogP contribution in [0.25, 0.3) is 0 Å². The average Bonchev–Trinajstić information content (AvgIpc) is 2.86. The van der Waals surface area contributed by atoms with Crippen molar-refractivity contribution in [3.63, 3.8) is 0 Å². The molecule has 0 spiro atoms. The maximum absolute atomic E-state index is 12.0. The summed E-state index contributed by atoms with van der Waals surface area (Å²) in [6.45, 7) is 2.66. The zero-order valence-electron chi connectivity index (χ0n) is 10.2. The number of rotatable bonds is 3. The van der Waals surface area contributed by atoms with E-state index in [-0.39, 0.29) is 11.4 Å². The minimum absolute atomic E-state index is 0.110. The Kier molecular flexibility index (Phi) is 3.47. The second kappa shape index (κ2) is 4.87. The number of amides is 1. The Balaban J connectivity index is 2.11. The van der Waals surface area contributed by atoms with E-state index in [1.54, 1.807) is 0 Å². The van der Waals surface area contributed by atoms with Crippen LogP contribution in [0.2, 0.25) is 0 Å². The molecule has 5 heteroatoms. The molecule has 0 saturated heterocycles. The third kappa shape index (κ3) is 2.34. The van der Waals surface area contributed by atoms with Gasteiger partial charge in [-0.15, -0.1) is 0 Å². The molecule has 17 heavy (non-hydrogen) atoms. The molecule has 2 atom stereocenters. The van der Waals surface area contributed by atoms with Gasteiger partial charge in [0.25, 0.3) is 5.91 Å². The average molecular weight is 236 g/mol. The molecule has 2 unspecified atom stereocenters. The molecule has 94 valence electrons. The molecule has 0 aliphatic heterocycles. The van der Waals surface area contributed by atoms with Crippen molar-refractivity contribution in [2.75, 3.05) is 6.54 Å². The van der Waals surface area contributed by atoms with Crippen molar-refractivity contribution >= 4 is 5.91 Å². The molecule has 4 N–H and O–H groups in total. The van der Waals surface area contributed by atoms with E-state index in [1.807, 2.05) is 0 Å². The van der Waals surface area contributed by atoms with Gasteiger partial charge in [0.1, 0.15) is 5.69 Å². The summed E-state index contributed by atoms with van der Waals surface area (Å²) >= 11 is 0. The Bertz CT molecular complexity index is 376. The van der Waals surface area contributed by atoms with Gasteiger partial charge in [-0.1, -0.05) is 19.8 Å². The number of imidazole rings is 1. The molecule has 1 aromatic rings. The van der Waals surface area contributed by atoms with E-state index in [4.69, 9.17) is 5.73 Å². The van der Waals surface area contributed by atoms with E-state index >= 15 is 0 Å². The van der Waals surface area contributed by atoms with Crippen molar-refractivity contribution in [3.8, 4) is 0 Å². The predicted molar refractivity (Wildman–Crippen MR) is 65.5 cm³/mol. The van der Waals surface area contributed by atoms with Crippen LogP contribution in [-0.4, -0.2) is 28.0 Å². The highest BCUT2D eigenvalue weighted by molar-refractivity contribution is 5.92. The Morgan fingerprint density at radius 1 is 1.71 bits per heavy atom. The number of carbonyl (C=O) groups is 1. The zero-order chi connectivity index (χ0) is 12.3. The van der Waals surface area contributed by atoms with E-state index < -0.39 is 0 Å². The van der Waals surface area contributed by atoms with Crippen molar-refractivity contribution in [1.82, 2.24) is 15.3 Å². The first-order chi connectivity index (χ1) is 8.18. The number of aromatic amines is 1. The van der Waals surface area contributed by atoms with Crippen LogP contribution in [0.3, 0.4) is 0 Å². The van der Waals surface area contributed by atoms with Crippen LogP contribution < -0.4 is 11.1 Å². The molecule has 1 fully saturated rings. The fraction of sp³-hybridized carbons (Fsp3) is 0.667. The Labute approximate surface area is 101 Å². The molecule has 1 aliphatic carbocycles. The van der Waals surface area contributed by atoms with Crippen molar-refractivity contribution < 1.29 is 4.79 Å². The summed E-state index contributed by atoms with van der Waals surface area (Å²) in [5.41, 5.74) is 6.14. The van der Waals surface area contributed by atoms with Gasteiger partial charge in [-0.05, 0) is 18.8 Å². The molecule has 0 bridgehead atoms. The fourth-order valence-corrected chi connectivity index (χ4v) is 2.63. The molecule has 1 amide bonds. The van der Waals surface area contributed by atoms with E-state index in [0.717, 1.165) is 19.3 Å². The molecule has 1 saturated carbocycles. The van der Waals surface area contributed by atoms with E-state index in [9.17, 15) is 4.79 Å². The van der Waals surface area contributed by atoms with Crippen molar-refractivity contribution in [1.29, 1.82) is 0 Å². The van der Waals surface area contributed by atoms with Crippen LogP contribution >= 0.6 is 0 Å². The maximum Gasteiger partial charge on any atom is 0.269 e. The van der Waals surface area contributed by atoms with Crippen LogP contribution in [0, 0.1) is 5.92 Å². The lowest BCUT2D eigenvalue weighted by atomic mass is 9.73. The number of carbonyl (C=O) groups excluding carboxylic acids is 1. The lowest BCUT2D eigenvalue weighted by Crippen LogP contribution is -2.59. The van der Waals surface area contributed by atoms with Crippen molar-refractivity contribution in [2.45, 2.75) is 38.1 Å². The van der Waals surface area contributed by atoms with Gasteiger partial charge in [-0.2, -0.15) is 0 Å². The molecule has 0 aromatic carbocycles. The minimum atomic E-state index is -0.250. The van der Waals surface area contributed by atoms with Crippen molar-refractivity contribution in [3.05, 3.63) is 18.2 Å². The second-order valence-electron chi connectivity index (χ2n) is 4.93. The standard InChI is InChI=1S/C12H20N4O/c1-9-4-2-3-5-12(9,7-13)16-11(17)10-6-14-8-15-10/h6,8-9H,2-5,7,13H2,1H3,(H,14,15)(H,16,17). The number of nitrogens with one attached hydrogen (secondary N) is 2. The quantitative estimate of drug-likeness (QED) is 0.733. The number of hydrogen-bond acceptors (Lipinski definition) is 3. The number of aromatic nitrogens is 2. The molecule has 2 rings (SSSR count). The molecule has 1 heterocycles. The number of nitrogens with two attached hydrogens (primary N) is 1. The highest BCUT2D eigenvalue weighted by Crippen LogP contribution is 2.33. The maximum atomic E-state index is 12.0. The van der Waals surface area contributed by atoms with Crippen LogP contribution in [0.1, 0.15) is 43.1 Å². The Hall–Kier alpha value is -1.36. The lowest BCUT2D eigenvalue weighted by Gasteiger charge is -2.42.